The Morgan fingerprint density at radius 3 is 2.96 bits per heavy atom. The molecule has 2 aromatic rings. The summed E-state index contributed by atoms with van der Waals surface area (Å²) in [5.41, 5.74) is 1.63. The first-order valence-electron chi connectivity index (χ1n) is 8.84. The number of rotatable bonds is 7. The highest BCUT2D eigenvalue weighted by atomic mass is 19.1. The first-order chi connectivity index (χ1) is 11.2. The second-order valence-corrected chi connectivity index (χ2v) is 6.52. The van der Waals surface area contributed by atoms with Crippen molar-refractivity contribution < 1.29 is 4.39 Å². The summed E-state index contributed by atoms with van der Waals surface area (Å²) in [6.45, 7) is 6.95. The molecule has 2 N–H and O–H groups in total. The molecule has 5 heteroatoms. The maximum absolute atomic E-state index is 13.2. The predicted octanol–water partition coefficient (Wildman–Crippen LogP) is 3.10. The number of aromatic amines is 1. The molecule has 23 heavy (non-hydrogen) atoms. The van der Waals surface area contributed by atoms with Gasteiger partial charge in [-0.05, 0) is 70.1 Å². The van der Waals surface area contributed by atoms with Crippen LogP contribution in [-0.2, 0) is 6.42 Å². The number of piperidine rings is 1. The van der Waals surface area contributed by atoms with Crippen molar-refractivity contribution in [1.82, 2.24) is 20.2 Å². The van der Waals surface area contributed by atoms with E-state index in [-0.39, 0.29) is 5.82 Å². The van der Waals surface area contributed by atoms with Gasteiger partial charge in [0.2, 0.25) is 0 Å². The summed E-state index contributed by atoms with van der Waals surface area (Å²) in [6, 6.07) is 5.36. The minimum Gasteiger partial charge on any atom is -0.342 e. The number of aryl methyl sites for hydroxylation is 1. The van der Waals surface area contributed by atoms with E-state index in [4.69, 9.17) is 0 Å². The molecule has 0 spiro atoms. The van der Waals surface area contributed by atoms with Gasteiger partial charge in [0.15, 0.2) is 0 Å². The Morgan fingerprint density at radius 2 is 2.17 bits per heavy atom. The summed E-state index contributed by atoms with van der Waals surface area (Å²) in [7, 11) is 0. The second kappa shape index (κ2) is 7.88. The van der Waals surface area contributed by atoms with Crippen LogP contribution in [0, 0.1) is 5.82 Å². The number of nitrogens with zero attached hydrogens (tertiary/aromatic N) is 2. The van der Waals surface area contributed by atoms with E-state index in [1.165, 1.54) is 51.0 Å². The molecule has 2 heterocycles. The fourth-order valence-corrected chi connectivity index (χ4v) is 3.39. The summed E-state index contributed by atoms with van der Waals surface area (Å²) >= 11 is 0. The van der Waals surface area contributed by atoms with Crippen molar-refractivity contribution in [1.29, 1.82) is 0 Å². The van der Waals surface area contributed by atoms with Gasteiger partial charge in [-0.2, -0.15) is 0 Å². The van der Waals surface area contributed by atoms with Gasteiger partial charge in [0.05, 0.1) is 11.0 Å². The third-order valence-corrected chi connectivity index (χ3v) is 4.64. The van der Waals surface area contributed by atoms with Crippen molar-refractivity contribution in [3.8, 4) is 0 Å². The van der Waals surface area contributed by atoms with Crippen LogP contribution in [0.5, 0.6) is 0 Å². The van der Waals surface area contributed by atoms with Gasteiger partial charge in [0.1, 0.15) is 11.6 Å². The maximum atomic E-state index is 13.2. The van der Waals surface area contributed by atoms with Gasteiger partial charge >= 0.3 is 0 Å². The topological polar surface area (TPSA) is 44.0 Å². The van der Waals surface area contributed by atoms with Crippen molar-refractivity contribution in [3.63, 3.8) is 0 Å². The van der Waals surface area contributed by atoms with Crippen LogP contribution in [0.2, 0.25) is 0 Å². The number of fused-ring (bicyclic) bond motifs is 1. The largest absolute Gasteiger partial charge is 0.342 e. The average Bonchev–Trinajstić information content (AvgIpc) is 2.95. The number of hydrogen-bond donors (Lipinski definition) is 2. The van der Waals surface area contributed by atoms with Crippen LogP contribution in [0.4, 0.5) is 4.39 Å². The Bertz CT molecular complexity index is 617. The minimum absolute atomic E-state index is 0.219. The van der Waals surface area contributed by atoms with Crippen LogP contribution >= 0.6 is 0 Å². The van der Waals surface area contributed by atoms with Crippen LogP contribution in [0.1, 0.15) is 38.4 Å². The Morgan fingerprint density at radius 1 is 1.35 bits per heavy atom. The Labute approximate surface area is 137 Å². The fourth-order valence-electron chi connectivity index (χ4n) is 3.39. The number of hydrogen-bond acceptors (Lipinski definition) is 3. The van der Waals surface area contributed by atoms with E-state index < -0.39 is 0 Å². The Kier molecular flexibility index (Phi) is 5.62. The standard InChI is InChI=1S/C18H27FN4/c1-2-10-23-11-7-15(8-12-23)20-9-3-4-18-21-16-6-5-14(19)13-17(16)22-18/h5-6,13,15,20H,2-4,7-12H2,1H3,(H,21,22). The molecule has 3 rings (SSSR count). The van der Waals surface area contributed by atoms with Gasteiger partial charge in [-0.15, -0.1) is 0 Å². The highest BCUT2D eigenvalue weighted by Gasteiger charge is 2.17. The van der Waals surface area contributed by atoms with E-state index >= 15 is 0 Å². The van der Waals surface area contributed by atoms with Gasteiger partial charge in [0, 0.05) is 12.5 Å². The molecule has 0 unspecified atom stereocenters. The predicted molar refractivity (Wildman–Crippen MR) is 92.1 cm³/mol. The van der Waals surface area contributed by atoms with Gasteiger partial charge in [-0.1, -0.05) is 6.92 Å². The number of H-pyrrole nitrogens is 1. The zero-order valence-electron chi connectivity index (χ0n) is 13.9. The van der Waals surface area contributed by atoms with E-state index in [0.717, 1.165) is 36.2 Å². The quantitative estimate of drug-likeness (QED) is 0.771. The van der Waals surface area contributed by atoms with E-state index in [1.807, 2.05) is 0 Å². The zero-order valence-corrected chi connectivity index (χ0v) is 13.9. The zero-order chi connectivity index (χ0) is 16.1. The molecule has 0 atom stereocenters. The molecule has 1 aromatic heterocycles. The third kappa shape index (κ3) is 4.52. The maximum Gasteiger partial charge on any atom is 0.125 e. The van der Waals surface area contributed by atoms with Gasteiger partial charge in [0.25, 0.3) is 0 Å². The van der Waals surface area contributed by atoms with Crippen molar-refractivity contribution in [2.24, 2.45) is 0 Å². The Hall–Kier alpha value is -1.46. The molecule has 1 aliphatic rings. The van der Waals surface area contributed by atoms with E-state index in [0.29, 0.717) is 6.04 Å². The van der Waals surface area contributed by atoms with Crippen molar-refractivity contribution >= 4 is 11.0 Å². The highest BCUT2D eigenvalue weighted by Crippen LogP contribution is 2.14. The van der Waals surface area contributed by atoms with Gasteiger partial charge in [-0.25, -0.2) is 9.37 Å². The number of halogens is 1. The van der Waals surface area contributed by atoms with Crippen molar-refractivity contribution in [2.45, 2.75) is 45.1 Å². The smallest absolute Gasteiger partial charge is 0.125 e. The molecule has 0 aliphatic carbocycles. The molecular weight excluding hydrogens is 291 g/mol. The minimum atomic E-state index is -0.219. The van der Waals surface area contributed by atoms with Crippen LogP contribution in [0.25, 0.3) is 11.0 Å². The summed E-state index contributed by atoms with van der Waals surface area (Å²) in [5.74, 6) is 0.731. The highest BCUT2D eigenvalue weighted by molar-refractivity contribution is 5.74. The third-order valence-electron chi connectivity index (χ3n) is 4.64. The van der Waals surface area contributed by atoms with Gasteiger partial charge in [-0.3, -0.25) is 0 Å². The fraction of sp³-hybridized carbons (Fsp3) is 0.611. The number of benzene rings is 1. The molecule has 0 amide bonds. The van der Waals surface area contributed by atoms with Crippen molar-refractivity contribution in [3.05, 3.63) is 29.8 Å². The van der Waals surface area contributed by atoms with Crippen LogP contribution in [0.3, 0.4) is 0 Å². The molecule has 0 radical (unpaired) electrons. The van der Waals surface area contributed by atoms with Crippen LogP contribution in [0.15, 0.2) is 18.2 Å². The van der Waals surface area contributed by atoms with Crippen LogP contribution < -0.4 is 5.32 Å². The second-order valence-electron chi connectivity index (χ2n) is 6.52. The first-order valence-corrected chi connectivity index (χ1v) is 8.84. The lowest BCUT2D eigenvalue weighted by Gasteiger charge is -2.32. The number of nitrogens with one attached hydrogen (secondary N) is 2. The molecule has 1 fully saturated rings. The summed E-state index contributed by atoms with van der Waals surface area (Å²) in [5, 5.41) is 3.67. The Balaban J connectivity index is 1.38. The van der Waals surface area contributed by atoms with Crippen LogP contribution in [-0.4, -0.2) is 47.1 Å². The monoisotopic (exact) mass is 318 g/mol. The normalized spacial score (nSPS) is 17.1. The summed E-state index contributed by atoms with van der Waals surface area (Å²) < 4.78 is 13.2. The van der Waals surface area contributed by atoms with Crippen molar-refractivity contribution in [2.75, 3.05) is 26.2 Å². The number of imidazole rings is 1. The van der Waals surface area contributed by atoms with E-state index in [2.05, 4.69) is 27.1 Å². The first kappa shape index (κ1) is 16.4. The molecular formula is C18H27FN4. The molecule has 0 bridgehead atoms. The molecule has 1 saturated heterocycles. The SMILES string of the molecule is CCCN1CCC(NCCCc2nc3ccc(F)cc3[nH]2)CC1. The number of likely N-dealkylation sites (tertiary alicyclic amines) is 1. The van der Waals surface area contributed by atoms with E-state index in [1.54, 1.807) is 6.07 Å². The van der Waals surface area contributed by atoms with E-state index in [9.17, 15) is 4.39 Å². The average molecular weight is 318 g/mol. The van der Waals surface area contributed by atoms with Gasteiger partial charge < -0.3 is 15.2 Å². The molecule has 1 aromatic carbocycles. The lowest BCUT2D eigenvalue weighted by atomic mass is 10.0. The lowest BCUT2D eigenvalue weighted by molar-refractivity contribution is 0.198. The summed E-state index contributed by atoms with van der Waals surface area (Å²) in [6.07, 6.45) is 5.71. The summed E-state index contributed by atoms with van der Waals surface area (Å²) in [4.78, 5) is 10.3. The molecule has 1 aliphatic heterocycles. The molecule has 126 valence electrons. The molecule has 0 saturated carbocycles. The number of aromatic nitrogens is 2. The molecule has 4 nitrogen and oxygen atoms in total. The lowest BCUT2D eigenvalue weighted by Crippen LogP contribution is -2.43.